The zero-order chi connectivity index (χ0) is 14.2. The summed E-state index contributed by atoms with van der Waals surface area (Å²) in [7, 11) is 0. The summed E-state index contributed by atoms with van der Waals surface area (Å²) in [5, 5.41) is 11.8. The fourth-order valence-electron chi connectivity index (χ4n) is 1.72. The predicted molar refractivity (Wildman–Crippen MR) is 69.3 cm³/mol. The first-order valence-corrected chi connectivity index (χ1v) is 5.78. The number of amides is 1. The molecule has 0 unspecified atom stereocenters. The van der Waals surface area contributed by atoms with E-state index in [-0.39, 0.29) is 18.9 Å². The van der Waals surface area contributed by atoms with Crippen LogP contribution in [0.15, 0.2) is 25.3 Å². The number of carboxylic acids is 1. The molecule has 0 heterocycles. The van der Waals surface area contributed by atoms with Crippen molar-refractivity contribution in [2.45, 2.75) is 32.2 Å². The van der Waals surface area contributed by atoms with E-state index in [2.05, 4.69) is 18.5 Å². The number of rotatable bonds is 8. The number of carboxylic acid groups (broad SMARTS) is 1. The molecule has 0 aromatic heterocycles. The van der Waals surface area contributed by atoms with Crippen LogP contribution in [0.5, 0.6) is 0 Å². The second kappa shape index (κ2) is 7.53. The maximum absolute atomic E-state index is 11.5. The molecule has 102 valence electrons. The molecule has 0 aliphatic rings. The maximum atomic E-state index is 11.5. The fourth-order valence-corrected chi connectivity index (χ4v) is 1.72. The van der Waals surface area contributed by atoms with Crippen LogP contribution in [0.3, 0.4) is 0 Å². The van der Waals surface area contributed by atoms with E-state index in [9.17, 15) is 14.7 Å². The van der Waals surface area contributed by atoms with E-state index in [1.54, 1.807) is 0 Å². The molecule has 0 aliphatic heterocycles. The molecule has 5 nitrogen and oxygen atoms in total. The molecule has 0 aromatic rings. The molecule has 2 N–H and O–H groups in total. The van der Waals surface area contributed by atoms with Gasteiger partial charge >= 0.3 is 12.1 Å². The van der Waals surface area contributed by atoms with E-state index < -0.39 is 17.6 Å². The quantitative estimate of drug-likeness (QED) is 0.653. The van der Waals surface area contributed by atoms with Crippen molar-refractivity contribution >= 4 is 12.1 Å². The Balaban J connectivity index is 4.92. The number of aliphatic carboxylic acids is 1. The summed E-state index contributed by atoms with van der Waals surface area (Å²) in [6.07, 6.45) is 2.57. The molecule has 1 amide bonds. The van der Waals surface area contributed by atoms with Crippen LogP contribution in [0.25, 0.3) is 0 Å². The van der Waals surface area contributed by atoms with Crippen LogP contribution in [-0.2, 0) is 9.53 Å². The van der Waals surface area contributed by atoms with Crippen LogP contribution in [0.1, 0.15) is 26.7 Å². The number of hydrogen-bond acceptors (Lipinski definition) is 3. The minimum Gasteiger partial charge on any atom is -0.479 e. The van der Waals surface area contributed by atoms with Gasteiger partial charge in [0, 0.05) is 0 Å². The fraction of sp³-hybridized carbons (Fsp3) is 0.538. The summed E-state index contributed by atoms with van der Waals surface area (Å²) in [6, 6.07) is 0. The number of hydrogen-bond donors (Lipinski definition) is 2. The highest BCUT2D eigenvalue weighted by molar-refractivity contribution is 5.84. The van der Waals surface area contributed by atoms with E-state index in [0.29, 0.717) is 6.42 Å². The van der Waals surface area contributed by atoms with Gasteiger partial charge in [-0.05, 0) is 18.8 Å². The molecule has 0 spiro atoms. The highest BCUT2D eigenvalue weighted by atomic mass is 16.5. The average Bonchev–Trinajstić information content (AvgIpc) is 2.25. The average molecular weight is 255 g/mol. The number of carbonyl (C=O) groups is 2. The molecule has 5 heteroatoms. The molecule has 18 heavy (non-hydrogen) atoms. The van der Waals surface area contributed by atoms with Gasteiger partial charge in [-0.3, -0.25) is 0 Å². The molecular formula is C13H21NO4. The Hall–Kier alpha value is -1.78. The topological polar surface area (TPSA) is 75.6 Å². The van der Waals surface area contributed by atoms with Crippen LogP contribution in [0.4, 0.5) is 4.79 Å². The SMILES string of the molecule is C=CCOC(=O)N[C@@](CC=C)(CC(C)C)C(=O)O. The molecule has 0 rings (SSSR count). The van der Waals surface area contributed by atoms with Crippen molar-refractivity contribution in [3.63, 3.8) is 0 Å². The minimum absolute atomic E-state index is 0.0390. The second-order valence-corrected chi connectivity index (χ2v) is 4.49. The summed E-state index contributed by atoms with van der Waals surface area (Å²) >= 11 is 0. The summed E-state index contributed by atoms with van der Waals surface area (Å²) < 4.78 is 4.76. The second-order valence-electron chi connectivity index (χ2n) is 4.49. The third-order valence-electron chi connectivity index (χ3n) is 2.33. The Morgan fingerprint density at radius 2 is 2.00 bits per heavy atom. The van der Waals surface area contributed by atoms with Gasteiger partial charge in [0.05, 0.1) is 0 Å². The van der Waals surface area contributed by atoms with Crippen LogP contribution in [0, 0.1) is 5.92 Å². The van der Waals surface area contributed by atoms with Crippen molar-refractivity contribution in [3.8, 4) is 0 Å². The lowest BCUT2D eigenvalue weighted by molar-refractivity contribution is -0.145. The largest absolute Gasteiger partial charge is 0.479 e. The van der Waals surface area contributed by atoms with Crippen molar-refractivity contribution in [2.75, 3.05) is 6.61 Å². The Bertz CT molecular complexity index is 325. The molecule has 0 saturated heterocycles. The van der Waals surface area contributed by atoms with Crippen LogP contribution in [0.2, 0.25) is 0 Å². The van der Waals surface area contributed by atoms with E-state index in [1.807, 2.05) is 13.8 Å². The summed E-state index contributed by atoms with van der Waals surface area (Å²) in [6.45, 7) is 10.8. The van der Waals surface area contributed by atoms with Crippen molar-refractivity contribution in [2.24, 2.45) is 5.92 Å². The first kappa shape index (κ1) is 16.2. The van der Waals surface area contributed by atoms with Gasteiger partial charge in [0.25, 0.3) is 0 Å². The Labute approximate surface area is 108 Å². The van der Waals surface area contributed by atoms with E-state index in [1.165, 1.54) is 12.2 Å². The normalized spacial score (nSPS) is 13.5. The number of nitrogens with one attached hydrogen (secondary N) is 1. The zero-order valence-electron chi connectivity index (χ0n) is 10.9. The highest BCUT2D eigenvalue weighted by Gasteiger charge is 2.39. The monoisotopic (exact) mass is 255 g/mol. The van der Waals surface area contributed by atoms with Gasteiger partial charge in [0.1, 0.15) is 12.1 Å². The van der Waals surface area contributed by atoms with Gasteiger partial charge in [-0.25, -0.2) is 9.59 Å². The molecule has 0 fully saturated rings. The van der Waals surface area contributed by atoms with Crippen LogP contribution in [-0.4, -0.2) is 29.3 Å². The lowest BCUT2D eigenvalue weighted by Crippen LogP contribution is -2.55. The van der Waals surface area contributed by atoms with Gasteiger partial charge in [-0.15, -0.1) is 6.58 Å². The van der Waals surface area contributed by atoms with Gasteiger partial charge in [0.2, 0.25) is 0 Å². The molecule has 0 aromatic carbocycles. The van der Waals surface area contributed by atoms with Gasteiger partial charge in [-0.1, -0.05) is 32.6 Å². The molecule has 0 radical (unpaired) electrons. The molecule has 0 aliphatic carbocycles. The Kier molecular flexibility index (Phi) is 6.78. The minimum atomic E-state index is -1.37. The lowest BCUT2D eigenvalue weighted by atomic mass is 9.86. The molecule has 0 saturated carbocycles. The molecular weight excluding hydrogens is 234 g/mol. The Morgan fingerprint density at radius 3 is 2.39 bits per heavy atom. The van der Waals surface area contributed by atoms with Crippen molar-refractivity contribution in [3.05, 3.63) is 25.3 Å². The van der Waals surface area contributed by atoms with E-state index in [0.717, 1.165) is 0 Å². The first-order valence-electron chi connectivity index (χ1n) is 5.78. The lowest BCUT2D eigenvalue weighted by Gasteiger charge is -2.30. The van der Waals surface area contributed by atoms with E-state index in [4.69, 9.17) is 4.74 Å². The summed E-state index contributed by atoms with van der Waals surface area (Å²) in [5.41, 5.74) is -1.37. The first-order chi connectivity index (χ1) is 8.38. The summed E-state index contributed by atoms with van der Waals surface area (Å²) in [4.78, 5) is 22.9. The van der Waals surface area contributed by atoms with Gasteiger partial charge < -0.3 is 15.2 Å². The smallest absolute Gasteiger partial charge is 0.408 e. The molecule has 1 atom stereocenters. The van der Waals surface area contributed by atoms with Crippen LogP contribution < -0.4 is 5.32 Å². The Morgan fingerprint density at radius 1 is 1.39 bits per heavy atom. The maximum Gasteiger partial charge on any atom is 0.408 e. The van der Waals surface area contributed by atoms with Crippen molar-refractivity contribution in [1.82, 2.24) is 5.32 Å². The number of ether oxygens (including phenoxy) is 1. The van der Waals surface area contributed by atoms with Gasteiger partial charge in [0.15, 0.2) is 0 Å². The predicted octanol–water partition coefficient (Wildman–Crippen LogP) is 2.34. The zero-order valence-corrected chi connectivity index (χ0v) is 10.9. The van der Waals surface area contributed by atoms with Crippen molar-refractivity contribution < 1.29 is 19.4 Å². The highest BCUT2D eigenvalue weighted by Crippen LogP contribution is 2.22. The third kappa shape index (κ3) is 5.03. The van der Waals surface area contributed by atoms with E-state index >= 15 is 0 Å². The van der Waals surface area contributed by atoms with Crippen LogP contribution >= 0.6 is 0 Å². The number of carbonyl (C=O) groups excluding carboxylic acids is 1. The summed E-state index contributed by atoms with van der Waals surface area (Å²) in [5.74, 6) is -0.979. The third-order valence-corrected chi connectivity index (χ3v) is 2.33. The van der Waals surface area contributed by atoms with Gasteiger partial charge in [-0.2, -0.15) is 0 Å². The number of alkyl carbamates (subject to hydrolysis) is 1. The standard InChI is InChI=1S/C13H21NO4/c1-5-7-13(11(15)16,9-10(3)4)14-12(17)18-8-6-2/h5-6,10H,1-2,7-9H2,3-4H3,(H,14,17)(H,15,16)/t13-/m0/s1. The molecule has 0 bridgehead atoms. The van der Waals surface area contributed by atoms with Crippen molar-refractivity contribution in [1.29, 1.82) is 0 Å².